The molecule has 3 heteroatoms. The highest BCUT2D eigenvalue weighted by Crippen LogP contribution is 2.22. The monoisotopic (exact) mass is 202 g/mol. The van der Waals surface area contributed by atoms with Crippen molar-refractivity contribution < 1.29 is 0 Å². The molecule has 14 heavy (non-hydrogen) atoms. The SMILES string of the molecule is N#CC(C#N)=CC(Cl)c1ccccc1. The molecular weight excluding hydrogens is 196 g/mol. The van der Waals surface area contributed by atoms with Crippen molar-refractivity contribution in [2.45, 2.75) is 5.38 Å². The van der Waals surface area contributed by atoms with E-state index in [1.54, 1.807) is 12.1 Å². The number of allylic oxidation sites excluding steroid dienone is 2. The van der Waals surface area contributed by atoms with Gasteiger partial charge in [0.15, 0.2) is 0 Å². The molecule has 0 aliphatic rings. The van der Waals surface area contributed by atoms with Crippen LogP contribution >= 0.6 is 11.6 Å². The van der Waals surface area contributed by atoms with Gasteiger partial charge in [-0.05, 0) is 11.6 Å². The summed E-state index contributed by atoms with van der Waals surface area (Å²) in [6, 6.07) is 12.8. The van der Waals surface area contributed by atoms with Gasteiger partial charge in [0, 0.05) is 0 Å². The third-order valence-corrected chi connectivity index (χ3v) is 2.05. The smallest absolute Gasteiger partial charge is 0.127 e. The molecule has 0 saturated carbocycles. The van der Waals surface area contributed by atoms with Crippen molar-refractivity contribution in [1.29, 1.82) is 10.5 Å². The van der Waals surface area contributed by atoms with E-state index in [1.807, 2.05) is 30.3 Å². The largest absolute Gasteiger partial charge is 0.192 e. The summed E-state index contributed by atoms with van der Waals surface area (Å²) in [5, 5.41) is 16.6. The van der Waals surface area contributed by atoms with E-state index in [0.29, 0.717) is 0 Å². The maximum absolute atomic E-state index is 8.52. The molecule has 1 atom stereocenters. The normalized spacial score (nSPS) is 10.8. The van der Waals surface area contributed by atoms with Crippen LogP contribution in [-0.2, 0) is 0 Å². The molecule has 0 aromatic heterocycles. The van der Waals surface area contributed by atoms with Gasteiger partial charge in [-0.15, -0.1) is 11.6 Å². The lowest BCUT2D eigenvalue weighted by Crippen LogP contribution is -1.86. The molecule has 0 saturated heterocycles. The fourth-order valence-electron chi connectivity index (χ4n) is 0.979. The van der Waals surface area contributed by atoms with Crippen molar-refractivity contribution in [3.63, 3.8) is 0 Å². The van der Waals surface area contributed by atoms with Crippen LogP contribution in [0.2, 0.25) is 0 Å². The standard InChI is InChI=1S/C11H7ClN2/c12-11(6-9(7-13)8-14)10-4-2-1-3-5-10/h1-6,11H. The van der Waals surface area contributed by atoms with Crippen LogP contribution in [0.1, 0.15) is 10.9 Å². The molecule has 2 nitrogen and oxygen atoms in total. The summed E-state index contributed by atoms with van der Waals surface area (Å²) in [5.74, 6) is 0. The number of nitrogens with zero attached hydrogens (tertiary/aromatic N) is 2. The Morgan fingerprint density at radius 2 is 1.79 bits per heavy atom. The Morgan fingerprint density at radius 3 is 2.29 bits per heavy atom. The van der Waals surface area contributed by atoms with Gasteiger partial charge in [-0.1, -0.05) is 30.3 Å². The molecular formula is C11H7ClN2. The van der Waals surface area contributed by atoms with Gasteiger partial charge < -0.3 is 0 Å². The molecule has 0 heterocycles. The van der Waals surface area contributed by atoms with Crippen LogP contribution < -0.4 is 0 Å². The third kappa shape index (κ3) is 2.62. The molecule has 0 N–H and O–H groups in total. The topological polar surface area (TPSA) is 47.6 Å². The lowest BCUT2D eigenvalue weighted by Gasteiger charge is -2.02. The lowest BCUT2D eigenvalue weighted by molar-refractivity contribution is 1.20. The van der Waals surface area contributed by atoms with Crippen molar-refractivity contribution in [2.75, 3.05) is 0 Å². The van der Waals surface area contributed by atoms with Gasteiger partial charge in [-0.2, -0.15) is 10.5 Å². The Kier molecular flexibility index (Phi) is 3.73. The molecule has 0 spiro atoms. The zero-order valence-electron chi connectivity index (χ0n) is 7.31. The predicted molar refractivity (Wildman–Crippen MR) is 54.3 cm³/mol. The summed E-state index contributed by atoms with van der Waals surface area (Å²) in [4.78, 5) is 0. The van der Waals surface area contributed by atoms with E-state index in [0.717, 1.165) is 5.56 Å². The van der Waals surface area contributed by atoms with Crippen molar-refractivity contribution >= 4 is 11.6 Å². The average molecular weight is 203 g/mol. The van der Waals surface area contributed by atoms with Crippen LogP contribution in [0.5, 0.6) is 0 Å². The minimum absolute atomic E-state index is 0.0360. The van der Waals surface area contributed by atoms with E-state index >= 15 is 0 Å². The van der Waals surface area contributed by atoms with Gasteiger partial charge in [0.05, 0.1) is 5.38 Å². The zero-order chi connectivity index (χ0) is 10.4. The lowest BCUT2D eigenvalue weighted by atomic mass is 10.1. The summed E-state index contributed by atoms with van der Waals surface area (Å²) >= 11 is 5.98. The second-order valence-corrected chi connectivity index (χ2v) is 3.09. The van der Waals surface area contributed by atoms with E-state index in [-0.39, 0.29) is 5.57 Å². The van der Waals surface area contributed by atoms with Gasteiger partial charge in [0.25, 0.3) is 0 Å². The highest BCUT2D eigenvalue weighted by atomic mass is 35.5. The Labute approximate surface area is 87.7 Å². The molecule has 1 rings (SSSR count). The highest BCUT2D eigenvalue weighted by molar-refractivity contribution is 6.22. The van der Waals surface area contributed by atoms with E-state index in [4.69, 9.17) is 22.1 Å². The van der Waals surface area contributed by atoms with Crippen molar-refractivity contribution in [3.05, 3.63) is 47.5 Å². The molecule has 1 unspecified atom stereocenters. The maximum Gasteiger partial charge on any atom is 0.127 e. The summed E-state index contributed by atoms with van der Waals surface area (Å²) < 4.78 is 0. The van der Waals surface area contributed by atoms with Crippen LogP contribution in [0.3, 0.4) is 0 Å². The Balaban J connectivity index is 2.89. The average Bonchev–Trinajstić information content (AvgIpc) is 2.26. The number of benzene rings is 1. The van der Waals surface area contributed by atoms with Crippen LogP contribution in [0, 0.1) is 22.7 Å². The van der Waals surface area contributed by atoms with Crippen LogP contribution in [0.4, 0.5) is 0 Å². The zero-order valence-corrected chi connectivity index (χ0v) is 8.07. The first-order chi connectivity index (χ1) is 6.77. The molecule has 0 bridgehead atoms. The summed E-state index contributed by atoms with van der Waals surface area (Å²) in [6.45, 7) is 0. The predicted octanol–water partition coefficient (Wildman–Crippen LogP) is 2.94. The first-order valence-corrected chi connectivity index (χ1v) is 4.42. The van der Waals surface area contributed by atoms with Gasteiger partial charge in [0.2, 0.25) is 0 Å². The third-order valence-electron chi connectivity index (χ3n) is 1.67. The first kappa shape index (κ1) is 10.3. The van der Waals surface area contributed by atoms with E-state index in [9.17, 15) is 0 Å². The van der Waals surface area contributed by atoms with Crippen LogP contribution in [-0.4, -0.2) is 0 Å². The Morgan fingerprint density at radius 1 is 1.21 bits per heavy atom. The fourth-order valence-corrected chi connectivity index (χ4v) is 1.25. The molecule has 1 aromatic carbocycles. The summed E-state index contributed by atoms with van der Waals surface area (Å²) in [5.41, 5.74) is 0.908. The number of hydrogen-bond donors (Lipinski definition) is 0. The quantitative estimate of drug-likeness (QED) is 0.547. The second kappa shape index (κ2) is 5.07. The molecule has 0 aliphatic carbocycles. The molecule has 68 valence electrons. The molecule has 0 amide bonds. The Bertz CT molecular complexity index is 393. The minimum Gasteiger partial charge on any atom is -0.192 e. The number of hydrogen-bond acceptors (Lipinski definition) is 2. The van der Waals surface area contributed by atoms with Crippen molar-refractivity contribution in [1.82, 2.24) is 0 Å². The number of nitriles is 2. The summed E-state index contributed by atoms with van der Waals surface area (Å²) in [6.07, 6.45) is 1.44. The van der Waals surface area contributed by atoms with E-state index in [2.05, 4.69) is 0 Å². The Hall–Kier alpha value is -1.77. The minimum atomic E-state index is -0.425. The van der Waals surface area contributed by atoms with Gasteiger partial charge >= 0.3 is 0 Å². The van der Waals surface area contributed by atoms with E-state index in [1.165, 1.54) is 6.08 Å². The number of rotatable bonds is 2. The molecule has 0 aliphatic heterocycles. The first-order valence-electron chi connectivity index (χ1n) is 3.99. The second-order valence-electron chi connectivity index (χ2n) is 2.62. The van der Waals surface area contributed by atoms with Crippen molar-refractivity contribution in [3.8, 4) is 12.1 Å². The van der Waals surface area contributed by atoms with Gasteiger partial charge in [-0.3, -0.25) is 0 Å². The summed E-state index contributed by atoms with van der Waals surface area (Å²) in [7, 11) is 0. The van der Waals surface area contributed by atoms with Crippen LogP contribution in [0.15, 0.2) is 42.0 Å². The van der Waals surface area contributed by atoms with E-state index < -0.39 is 5.38 Å². The highest BCUT2D eigenvalue weighted by Gasteiger charge is 2.05. The van der Waals surface area contributed by atoms with Gasteiger partial charge in [-0.25, -0.2) is 0 Å². The fraction of sp³-hybridized carbons (Fsp3) is 0.0909. The van der Waals surface area contributed by atoms with Gasteiger partial charge in [0.1, 0.15) is 17.7 Å². The molecule has 0 radical (unpaired) electrons. The number of halogens is 1. The van der Waals surface area contributed by atoms with Crippen LogP contribution in [0.25, 0.3) is 0 Å². The molecule has 1 aromatic rings. The maximum atomic E-state index is 8.52. The number of alkyl halides is 1. The molecule has 0 fully saturated rings. The van der Waals surface area contributed by atoms with Crippen molar-refractivity contribution in [2.24, 2.45) is 0 Å².